The molecule has 3 rings (SSSR count). The van der Waals surface area contributed by atoms with Crippen molar-refractivity contribution in [3.05, 3.63) is 0 Å². The third kappa shape index (κ3) is 1.45. The first-order valence-corrected chi connectivity index (χ1v) is 5.28. The second-order valence-corrected chi connectivity index (χ2v) is 3.85. The second kappa shape index (κ2) is 3.52. The molecule has 3 heterocycles. The minimum atomic E-state index is -0.145. The normalized spacial score (nSPS) is 28.8. The third-order valence-corrected chi connectivity index (χ3v) is 2.86. The Morgan fingerprint density at radius 3 is 2.93 bits per heavy atom. The van der Waals surface area contributed by atoms with Crippen molar-refractivity contribution in [2.75, 3.05) is 13.1 Å². The first-order valence-electron chi connectivity index (χ1n) is 5.28. The summed E-state index contributed by atoms with van der Waals surface area (Å²) in [7, 11) is 0. The van der Waals surface area contributed by atoms with Gasteiger partial charge in [0.25, 0.3) is 0 Å². The van der Waals surface area contributed by atoms with Crippen LogP contribution in [-0.2, 0) is 0 Å². The summed E-state index contributed by atoms with van der Waals surface area (Å²) in [4.78, 5) is 10.6. The molecule has 0 bridgehead atoms. The van der Waals surface area contributed by atoms with E-state index in [-0.39, 0.29) is 6.04 Å². The zero-order chi connectivity index (χ0) is 10.1. The zero-order valence-electron chi connectivity index (χ0n) is 8.37. The SMILES string of the molecule is C1=NC2=NN=NC2C(N2CCCCC2)=N1. The molecule has 3 aliphatic rings. The Kier molecular flexibility index (Phi) is 2.04. The van der Waals surface area contributed by atoms with Crippen LogP contribution >= 0.6 is 0 Å². The van der Waals surface area contributed by atoms with Crippen LogP contribution in [-0.4, -0.2) is 42.0 Å². The van der Waals surface area contributed by atoms with E-state index in [0.717, 1.165) is 18.9 Å². The lowest BCUT2D eigenvalue weighted by Crippen LogP contribution is -2.44. The Balaban J connectivity index is 1.85. The molecule has 0 aromatic heterocycles. The van der Waals surface area contributed by atoms with Gasteiger partial charge in [-0.1, -0.05) is 0 Å². The Morgan fingerprint density at radius 1 is 1.20 bits per heavy atom. The highest BCUT2D eigenvalue weighted by atomic mass is 15.5. The van der Waals surface area contributed by atoms with Crippen LogP contribution in [0.3, 0.4) is 0 Å². The van der Waals surface area contributed by atoms with Crippen LogP contribution < -0.4 is 0 Å². The van der Waals surface area contributed by atoms with Gasteiger partial charge in [0, 0.05) is 13.1 Å². The fourth-order valence-electron chi connectivity index (χ4n) is 2.09. The molecule has 3 aliphatic heterocycles. The van der Waals surface area contributed by atoms with Crippen LogP contribution in [0.5, 0.6) is 0 Å². The first-order chi connectivity index (χ1) is 7.45. The number of nitrogens with zero attached hydrogens (tertiary/aromatic N) is 6. The van der Waals surface area contributed by atoms with Gasteiger partial charge in [0.05, 0.1) is 0 Å². The Labute approximate surface area is 87.5 Å². The lowest BCUT2D eigenvalue weighted by Gasteiger charge is -2.31. The van der Waals surface area contributed by atoms with E-state index in [1.165, 1.54) is 19.3 Å². The smallest absolute Gasteiger partial charge is 0.192 e. The number of piperidine rings is 1. The van der Waals surface area contributed by atoms with E-state index in [1.807, 2.05) is 0 Å². The highest BCUT2D eigenvalue weighted by Crippen LogP contribution is 2.18. The molecule has 0 aromatic carbocycles. The van der Waals surface area contributed by atoms with Gasteiger partial charge in [-0.3, -0.25) is 0 Å². The van der Waals surface area contributed by atoms with Crippen molar-refractivity contribution in [1.82, 2.24) is 4.90 Å². The van der Waals surface area contributed by atoms with E-state index in [1.54, 1.807) is 6.34 Å². The van der Waals surface area contributed by atoms with Gasteiger partial charge in [0.15, 0.2) is 11.9 Å². The molecule has 0 aliphatic carbocycles. The van der Waals surface area contributed by atoms with E-state index in [2.05, 4.69) is 30.3 Å². The third-order valence-electron chi connectivity index (χ3n) is 2.86. The summed E-state index contributed by atoms with van der Waals surface area (Å²) in [6, 6.07) is -0.145. The summed E-state index contributed by atoms with van der Waals surface area (Å²) >= 11 is 0. The molecule has 1 atom stereocenters. The molecule has 0 amide bonds. The van der Waals surface area contributed by atoms with Crippen molar-refractivity contribution in [3.8, 4) is 0 Å². The fraction of sp³-hybridized carbons (Fsp3) is 0.667. The van der Waals surface area contributed by atoms with Gasteiger partial charge in [0.1, 0.15) is 12.2 Å². The molecular formula is C9H12N6. The van der Waals surface area contributed by atoms with Crippen molar-refractivity contribution >= 4 is 18.0 Å². The number of hydrogen-bond donors (Lipinski definition) is 0. The van der Waals surface area contributed by atoms with Gasteiger partial charge >= 0.3 is 0 Å². The standard InChI is InChI=1S/C9H12N6/c1-2-4-15(5-3-1)9-7-8(10-6-11-9)13-14-12-7/h6-7H,1-5H2. The lowest BCUT2D eigenvalue weighted by molar-refractivity contribution is 0.336. The molecule has 0 N–H and O–H groups in total. The quantitative estimate of drug-likeness (QED) is 0.581. The fourth-order valence-corrected chi connectivity index (χ4v) is 2.09. The van der Waals surface area contributed by atoms with Gasteiger partial charge in [-0.25, -0.2) is 9.98 Å². The Bertz CT molecular complexity index is 374. The molecule has 0 spiro atoms. The number of aliphatic imine (C=N–C) groups is 2. The second-order valence-electron chi connectivity index (χ2n) is 3.85. The number of fused-ring (bicyclic) bond motifs is 1. The largest absolute Gasteiger partial charge is 0.358 e. The predicted molar refractivity (Wildman–Crippen MR) is 57.4 cm³/mol. The Morgan fingerprint density at radius 2 is 2.07 bits per heavy atom. The van der Waals surface area contributed by atoms with E-state index >= 15 is 0 Å². The van der Waals surface area contributed by atoms with Crippen LogP contribution in [0.25, 0.3) is 0 Å². The highest BCUT2D eigenvalue weighted by Gasteiger charge is 2.31. The number of likely N-dealkylation sites (tertiary alicyclic amines) is 1. The summed E-state index contributed by atoms with van der Waals surface area (Å²) in [5.74, 6) is 1.63. The Hall–Kier alpha value is -1.59. The topological polar surface area (TPSA) is 65.0 Å². The molecular weight excluding hydrogens is 192 g/mol. The average Bonchev–Trinajstić information content (AvgIpc) is 2.78. The van der Waals surface area contributed by atoms with E-state index in [4.69, 9.17) is 0 Å². The maximum absolute atomic E-state index is 4.31. The average molecular weight is 204 g/mol. The van der Waals surface area contributed by atoms with Crippen molar-refractivity contribution in [3.63, 3.8) is 0 Å². The van der Waals surface area contributed by atoms with E-state index in [9.17, 15) is 0 Å². The number of rotatable bonds is 0. The van der Waals surface area contributed by atoms with Crippen LogP contribution in [0.4, 0.5) is 0 Å². The number of hydrogen-bond acceptors (Lipinski definition) is 6. The van der Waals surface area contributed by atoms with Gasteiger partial charge in [-0.2, -0.15) is 0 Å². The molecule has 6 nitrogen and oxygen atoms in total. The summed E-state index contributed by atoms with van der Waals surface area (Å²) < 4.78 is 0. The predicted octanol–water partition coefficient (Wildman–Crippen LogP) is 1.06. The molecule has 1 saturated heterocycles. The van der Waals surface area contributed by atoms with Gasteiger partial charge in [-0.05, 0) is 24.5 Å². The van der Waals surface area contributed by atoms with Crippen molar-refractivity contribution in [2.45, 2.75) is 25.3 Å². The molecule has 78 valence electrons. The molecule has 1 unspecified atom stereocenters. The zero-order valence-corrected chi connectivity index (χ0v) is 8.37. The molecule has 0 saturated carbocycles. The molecule has 6 heteroatoms. The van der Waals surface area contributed by atoms with Crippen LogP contribution in [0.1, 0.15) is 19.3 Å². The van der Waals surface area contributed by atoms with E-state index in [0.29, 0.717) is 5.84 Å². The summed E-state index contributed by atoms with van der Waals surface area (Å²) in [5, 5.41) is 11.6. The maximum Gasteiger partial charge on any atom is 0.192 e. The van der Waals surface area contributed by atoms with Gasteiger partial charge in [-0.15, -0.1) is 10.2 Å². The van der Waals surface area contributed by atoms with Gasteiger partial charge in [0.2, 0.25) is 0 Å². The van der Waals surface area contributed by atoms with Crippen LogP contribution in [0.15, 0.2) is 25.4 Å². The highest BCUT2D eigenvalue weighted by molar-refractivity contribution is 6.16. The number of amidine groups is 2. The molecule has 1 fully saturated rings. The van der Waals surface area contributed by atoms with Crippen LogP contribution in [0.2, 0.25) is 0 Å². The van der Waals surface area contributed by atoms with E-state index < -0.39 is 0 Å². The maximum atomic E-state index is 4.31. The van der Waals surface area contributed by atoms with Crippen molar-refractivity contribution < 1.29 is 0 Å². The minimum Gasteiger partial charge on any atom is -0.358 e. The van der Waals surface area contributed by atoms with Gasteiger partial charge < -0.3 is 4.90 Å². The summed E-state index contributed by atoms with van der Waals surface area (Å²) in [6.45, 7) is 2.12. The minimum absolute atomic E-state index is 0.145. The van der Waals surface area contributed by atoms with Crippen molar-refractivity contribution in [1.29, 1.82) is 0 Å². The molecule has 15 heavy (non-hydrogen) atoms. The first kappa shape index (κ1) is 8.70. The summed E-state index contributed by atoms with van der Waals surface area (Å²) in [5.41, 5.74) is 0. The monoisotopic (exact) mass is 204 g/mol. The van der Waals surface area contributed by atoms with Crippen molar-refractivity contribution in [2.24, 2.45) is 25.4 Å². The van der Waals surface area contributed by atoms with Crippen LogP contribution in [0, 0.1) is 0 Å². The summed E-state index contributed by atoms with van der Waals surface area (Å²) in [6.07, 6.45) is 5.32. The lowest BCUT2D eigenvalue weighted by atomic mass is 10.1. The molecule has 0 aromatic rings. The molecule has 0 radical (unpaired) electrons.